The van der Waals surface area contributed by atoms with E-state index in [-0.39, 0.29) is 0 Å². The number of fused-ring (bicyclic) bond motifs is 1. The number of ether oxygens (including phenoxy) is 1. The van der Waals surface area contributed by atoms with Crippen LogP contribution >= 0.6 is 0 Å². The van der Waals surface area contributed by atoms with Crippen molar-refractivity contribution in [2.24, 2.45) is 7.05 Å². The zero-order chi connectivity index (χ0) is 21.0. The molecule has 30 heavy (non-hydrogen) atoms. The lowest BCUT2D eigenvalue weighted by atomic mass is 10.1. The normalized spacial score (nSPS) is 11.3. The molecule has 0 bridgehead atoms. The van der Waals surface area contributed by atoms with E-state index in [1.807, 2.05) is 0 Å². The van der Waals surface area contributed by atoms with Crippen LogP contribution in [0.3, 0.4) is 0 Å². The quantitative estimate of drug-likeness (QED) is 0.289. The van der Waals surface area contributed by atoms with Crippen LogP contribution in [0.2, 0.25) is 0 Å². The average Bonchev–Trinajstić information content (AvgIpc) is 3.11. The minimum Gasteiger partial charge on any atom is -0.494 e. The Labute approximate surface area is 181 Å². The van der Waals surface area contributed by atoms with Crippen LogP contribution in [0.25, 0.3) is 22.2 Å². The Balaban J connectivity index is 1.36. The molecule has 0 aliphatic rings. The van der Waals surface area contributed by atoms with Gasteiger partial charge in [0.1, 0.15) is 5.75 Å². The minimum absolute atomic E-state index is 0.343. The average molecular weight is 408 g/mol. The Morgan fingerprint density at radius 2 is 1.37 bits per heavy atom. The number of nitrogens with zero attached hydrogens (tertiary/aromatic N) is 1. The fourth-order valence-electron chi connectivity index (χ4n) is 4.10. The number of aryl methyl sites for hydroxylation is 1. The first-order valence-electron chi connectivity index (χ1n) is 11.7. The molecule has 2 aromatic carbocycles. The second-order valence-electron chi connectivity index (χ2n) is 8.28. The van der Waals surface area contributed by atoms with Gasteiger partial charge in [-0.05, 0) is 36.6 Å². The first kappa shape index (κ1) is 22.4. The van der Waals surface area contributed by atoms with Crippen molar-refractivity contribution in [2.45, 2.75) is 64.2 Å². The maximum atomic E-state index is 8.77. The van der Waals surface area contributed by atoms with Gasteiger partial charge in [-0.25, -0.2) is 0 Å². The number of aliphatic hydroxyl groups excluding tert-OH is 1. The van der Waals surface area contributed by atoms with Gasteiger partial charge < -0.3 is 14.4 Å². The van der Waals surface area contributed by atoms with Crippen molar-refractivity contribution < 1.29 is 9.84 Å². The van der Waals surface area contributed by atoms with Gasteiger partial charge >= 0.3 is 0 Å². The van der Waals surface area contributed by atoms with E-state index in [4.69, 9.17) is 9.84 Å². The molecule has 0 spiro atoms. The molecule has 1 N–H and O–H groups in total. The van der Waals surface area contributed by atoms with Gasteiger partial charge in [0.2, 0.25) is 0 Å². The standard InChI is InChI=1S/C27H37NO2/c1-28-26(23-15-11-10-12-16-23)21-24-17-18-25(22-27(24)28)30-20-14-9-7-5-3-2-4-6-8-13-19-29/h10-12,15-18,21-22,29H,2-9,13-14,19-20H2,1H3. The topological polar surface area (TPSA) is 34.4 Å². The molecule has 0 atom stereocenters. The van der Waals surface area contributed by atoms with Crippen LogP contribution < -0.4 is 4.74 Å². The van der Waals surface area contributed by atoms with E-state index in [9.17, 15) is 0 Å². The number of aromatic nitrogens is 1. The second kappa shape index (κ2) is 12.4. The fraction of sp³-hybridized carbons (Fsp3) is 0.481. The smallest absolute Gasteiger partial charge is 0.121 e. The highest BCUT2D eigenvalue weighted by molar-refractivity contribution is 5.88. The lowest BCUT2D eigenvalue weighted by molar-refractivity contribution is 0.282. The van der Waals surface area contributed by atoms with Crippen LogP contribution in [-0.4, -0.2) is 22.9 Å². The molecular weight excluding hydrogens is 370 g/mol. The Bertz CT molecular complexity index is 869. The molecule has 0 fully saturated rings. The van der Waals surface area contributed by atoms with Crippen LogP contribution in [0.5, 0.6) is 5.75 Å². The van der Waals surface area contributed by atoms with Gasteiger partial charge in [-0.2, -0.15) is 0 Å². The summed E-state index contributed by atoms with van der Waals surface area (Å²) in [6, 6.07) is 19.2. The summed E-state index contributed by atoms with van der Waals surface area (Å²) in [7, 11) is 2.13. The highest BCUT2D eigenvalue weighted by Crippen LogP contribution is 2.29. The molecule has 0 amide bonds. The Morgan fingerprint density at radius 3 is 2.03 bits per heavy atom. The third-order valence-electron chi connectivity index (χ3n) is 5.91. The van der Waals surface area contributed by atoms with Crippen molar-refractivity contribution in [1.29, 1.82) is 0 Å². The monoisotopic (exact) mass is 407 g/mol. The van der Waals surface area contributed by atoms with Gasteiger partial charge in [-0.15, -0.1) is 0 Å². The molecule has 0 saturated carbocycles. The SMILES string of the molecule is Cn1c(-c2ccccc2)cc2ccc(OCCCCCCCCCCCCO)cc21. The molecular formula is C27H37NO2. The Kier molecular flexibility index (Phi) is 9.30. The van der Waals surface area contributed by atoms with Gasteiger partial charge in [-0.1, -0.05) is 81.7 Å². The summed E-state index contributed by atoms with van der Waals surface area (Å²) in [6.45, 7) is 1.14. The van der Waals surface area contributed by atoms with Gasteiger partial charge in [-0.3, -0.25) is 0 Å². The molecule has 0 unspecified atom stereocenters. The number of hydrogen-bond acceptors (Lipinski definition) is 2. The maximum absolute atomic E-state index is 8.77. The summed E-state index contributed by atoms with van der Waals surface area (Å²) in [4.78, 5) is 0. The summed E-state index contributed by atoms with van der Waals surface area (Å²) in [5.41, 5.74) is 3.69. The third kappa shape index (κ3) is 6.63. The summed E-state index contributed by atoms with van der Waals surface area (Å²) in [6.07, 6.45) is 12.4. The number of hydrogen-bond donors (Lipinski definition) is 1. The second-order valence-corrected chi connectivity index (χ2v) is 8.28. The van der Waals surface area contributed by atoms with Gasteiger partial charge in [0.05, 0.1) is 12.1 Å². The van der Waals surface area contributed by atoms with Crippen LogP contribution in [0, 0.1) is 0 Å². The van der Waals surface area contributed by atoms with E-state index in [0.717, 1.165) is 25.2 Å². The van der Waals surface area contributed by atoms with Crippen molar-refractivity contribution in [3.63, 3.8) is 0 Å². The van der Waals surface area contributed by atoms with E-state index >= 15 is 0 Å². The van der Waals surface area contributed by atoms with E-state index in [0.29, 0.717) is 6.61 Å². The summed E-state index contributed by atoms with van der Waals surface area (Å²) in [5, 5.41) is 10.0. The molecule has 0 radical (unpaired) electrons. The Hall–Kier alpha value is -2.26. The first-order valence-corrected chi connectivity index (χ1v) is 11.7. The third-order valence-corrected chi connectivity index (χ3v) is 5.91. The lowest BCUT2D eigenvalue weighted by Gasteiger charge is -2.08. The molecule has 0 aliphatic heterocycles. The Morgan fingerprint density at radius 1 is 0.733 bits per heavy atom. The largest absolute Gasteiger partial charge is 0.494 e. The molecule has 1 aromatic heterocycles. The first-order chi connectivity index (χ1) is 14.8. The van der Waals surface area contributed by atoms with E-state index in [1.165, 1.54) is 73.5 Å². The zero-order valence-corrected chi connectivity index (χ0v) is 18.5. The number of benzene rings is 2. The predicted octanol–water partition coefficient (Wildman–Crippen LogP) is 7.12. The summed E-state index contributed by atoms with van der Waals surface area (Å²) in [5.74, 6) is 0.964. The fourth-order valence-corrected chi connectivity index (χ4v) is 4.10. The molecule has 0 aliphatic carbocycles. The van der Waals surface area contributed by atoms with E-state index in [2.05, 4.69) is 66.2 Å². The maximum Gasteiger partial charge on any atom is 0.121 e. The highest BCUT2D eigenvalue weighted by atomic mass is 16.5. The molecule has 0 saturated heterocycles. The van der Waals surface area contributed by atoms with Crippen LogP contribution in [0.1, 0.15) is 64.2 Å². The number of rotatable bonds is 14. The number of unbranched alkanes of at least 4 members (excludes halogenated alkanes) is 9. The van der Waals surface area contributed by atoms with Gasteiger partial charge in [0.25, 0.3) is 0 Å². The zero-order valence-electron chi connectivity index (χ0n) is 18.5. The molecule has 3 heteroatoms. The highest BCUT2D eigenvalue weighted by Gasteiger charge is 2.08. The van der Waals surface area contributed by atoms with E-state index in [1.54, 1.807) is 0 Å². The van der Waals surface area contributed by atoms with Crippen molar-refractivity contribution in [3.8, 4) is 17.0 Å². The summed E-state index contributed by atoms with van der Waals surface area (Å²) < 4.78 is 8.28. The van der Waals surface area contributed by atoms with Gasteiger partial charge in [0, 0.05) is 30.8 Å². The van der Waals surface area contributed by atoms with Crippen LogP contribution in [-0.2, 0) is 7.05 Å². The molecule has 1 heterocycles. The summed E-state index contributed by atoms with van der Waals surface area (Å²) >= 11 is 0. The van der Waals surface area contributed by atoms with Crippen LogP contribution in [0.4, 0.5) is 0 Å². The van der Waals surface area contributed by atoms with E-state index < -0.39 is 0 Å². The molecule has 3 rings (SSSR count). The molecule has 3 aromatic rings. The van der Waals surface area contributed by atoms with Crippen molar-refractivity contribution in [1.82, 2.24) is 4.57 Å². The van der Waals surface area contributed by atoms with Crippen LogP contribution in [0.15, 0.2) is 54.6 Å². The molecule has 162 valence electrons. The number of aliphatic hydroxyl groups is 1. The minimum atomic E-state index is 0.343. The predicted molar refractivity (Wildman–Crippen MR) is 127 cm³/mol. The van der Waals surface area contributed by atoms with Crippen molar-refractivity contribution >= 4 is 10.9 Å². The molecule has 3 nitrogen and oxygen atoms in total. The van der Waals surface area contributed by atoms with Gasteiger partial charge in [0.15, 0.2) is 0 Å². The van der Waals surface area contributed by atoms with Crippen molar-refractivity contribution in [2.75, 3.05) is 13.2 Å². The van der Waals surface area contributed by atoms with Crippen molar-refractivity contribution in [3.05, 3.63) is 54.6 Å². The lowest BCUT2D eigenvalue weighted by Crippen LogP contribution is -1.98.